The SMILES string of the molecule is CN(C)S(=O)(=O)c1ccc(NC(=O)N2C(=N)CC[C@H]2c2ccccc2)cc1. The van der Waals surface area contributed by atoms with E-state index in [-0.39, 0.29) is 16.8 Å². The van der Waals surface area contributed by atoms with Gasteiger partial charge in [-0.05, 0) is 36.2 Å². The number of anilines is 1. The van der Waals surface area contributed by atoms with Crippen molar-refractivity contribution < 1.29 is 13.2 Å². The third-order valence-electron chi connectivity index (χ3n) is 4.54. The fourth-order valence-corrected chi connectivity index (χ4v) is 3.97. The number of hydrogen-bond donors (Lipinski definition) is 2. The van der Waals surface area contributed by atoms with E-state index in [1.165, 1.54) is 31.1 Å². The first-order valence-corrected chi connectivity index (χ1v) is 10.00. The van der Waals surface area contributed by atoms with Crippen molar-refractivity contribution in [2.45, 2.75) is 23.8 Å². The largest absolute Gasteiger partial charge is 0.327 e. The number of likely N-dealkylation sites (tertiary alicyclic amines) is 1. The van der Waals surface area contributed by atoms with Crippen LogP contribution in [0.1, 0.15) is 24.4 Å². The van der Waals surface area contributed by atoms with Crippen LogP contribution in [0.3, 0.4) is 0 Å². The summed E-state index contributed by atoms with van der Waals surface area (Å²) in [7, 11) is -0.583. The summed E-state index contributed by atoms with van der Waals surface area (Å²) in [5.41, 5.74) is 1.46. The third-order valence-corrected chi connectivity index (χ3v) is 6.37. The molecular weight excluding hydrogens is 364 g/mol. The minimum absolute atomic E-state index is 0.154. The predicted octanol–water partition coefficient (Wildman–Crippen LogP) is 3.28. The van der Waals surface area contributed by atoms with Crippen LogP contribution in [0.25, 0.3) is 0 Å². The molecule has 1 heterocycles. The fraction of sp³-hybridized carbons (Fsp3) is 0.263. The molecule has 142 valence electrons. The molecule has 1 atom stereocenters. The Hall–Kier alpha value is -2.71. The normalized spacial score (nSPS) is 17.4. The summed E-state index contributed by atoms with van der Waals surface area (Å²) in [6.07, 6.45) is 1.24. The van der Waals surface area contributed by atoms with Crippen molar-refractivity contribution in [3.8, 4) is 0 Å². The van der Waals surface area contributed by atoms with Crippen molar-refractivity contribution in [3.63, 3.8) is 0 Å². The Balaban J connectivity index is 1.77. The number of amidine groups is 1. The molecule has 1 aliphatic heterocycles. The number of benzene rings is 2. The summed E-state index contributed by atoms with van der Waals surface area (Å²) in [6.45, 7) is 0. The zero-order valence-corrected chi connectivity index (χ0v) is 16.0. The van der Waals surface area contributed by atoms with Crippen molar-refractivity contribution in [2.75, 3.05) is 19.4 Å². The molecule has 0 aliphatic carbocycles. The average Bonchev–Trinajstić information content (AvgIpc) is 3.04. The van der Waals surface area contributed by atoms with Crippen LogP contribution in [0.4, 0.5) is 10.5 Å². The van der Waals surface area contributed by atoms with Gasteiger partial charge in [-0.25, -0.2) is 17.5 Å². The minimum atomic E-state index is -3.52. The highest BCUT2D eigenvalue weighted by atomic mass is 32.2. The number of urea groups is 1. The molecule has 2 amide bonds. The van der Waals surface area contributed by atoms with Gasteiger partial charge in [-0.1, -0.05) is 30.3 Å². The van der Waals surface area contributed by atoms with Gasteiger partial charge in [0, 0.05) is 26.2 Å². The van der Waals surface area contributed by atoms with Gasteiger partial charge in [0.2, 0.25) is 10.0 Å². The van der Waals surface area contributed by atoms with Gasteiger partial charge in [0.1, 0.15) is 5.84 Å². The van der Waals surface area contributed by atoms with E-state index in [0.717, 1.165) is 9.87 Å². The van der Waals surface area contributed by atoms with E-state index in [4.69, 9.17) is 5.41 Å². The maximum Gasteiger partial charge on any atom is 0.327 e. The number of rotatable bonds is 4. The molecule has 2 N–H and O–H groups in total. The number of carbonyl (C=O) groups is 1. The molecule has 1 saturated heterocycles. The fourth-order valence-electron chi connectivity index (χ4n) is 3.07. The number of nitrogens with one attached hydrogen (secondary N) is 2. The zero-order valence-electron chi connectivity index (χ0n) is 15.2. The summed E-state index contributed by atoms with van der Waals surface area (Å²) in [4.78, 5) is 14.4. The highest BCUT2D eigenvalue weighted by Crippen LogP contribution is 2.33. The monoisotopic (exact) mass is 386 g/mol. The van der Waals surface area contributed by atoms with Gasteiger partial charge in [-0.15, -0.1) is 0 Å². The van der Waals surface area contributed by atoms with Gasteiger partial charge in [0.15, 0.2) is 0 Å². The van der Waals surface area contributed by atoms with E-state index in [0.29, 0.717) is 18.5 Å². The zero-order chi connectivity index (χ0) is 19.6. The molecule has 27 heavy (non-hydrogen) atoms. The van der Waals surface area contributed by atoms with Gasteiger partial charge in [-0.2, -0.15) is 0 Å². The van der Waals surface area contributed by atoms with Gasteiger partial charge in [-0.3, -0.25) is 10.3 Å². The maximum absolute atomic E-state index is 12.7. The lowest BCUT2D eigenvalue weighted by Gasteiger charge is -2.25. The van der Waals surface area contributed by atoms with Crippen molar-refractivity contribution in [1.29, 1.82) is 5.41 Å². The molecule has 0 radical (unpaired) electrons. The smallest absolute Gasteiger partial charge is 0.307 e. The van der Waals surface area contributed by atoms with E-state index in [2.05, 4.69) is 5.32 Å². The molecule has 0 aromatic heterocycles. The van der Waals surface area contributed by atoms with E-state index >= 15 is 0 Å². The van der Waals surface area contributed by atoms with Crippen LogP contribution in [0.5, 0.6) is 0 Å². The number of sulfonamides is 1. The molecule has 1 fully saturated rings. The van der Waals surface area contributed by atoms with Crippen LogP contribution in [-0.4, -0.2) is 43.6 Å². The number of carbonyl (C=O) groups excluding carboxylic acids is 1. The van der Waals surface area contributed by atoms with Crippen molar-refractivity contribution in [3.05, 3.63) is 60.2 Å². The third kappa shape index (κ3) is 3.86. The van der Waals surface area contributed by atoms with Crippen LogP contribution in [0.2, 0.25) is 0 Å². The van der Waals surface area contributed by atoms with Gasteiger partial charge in [0.05, 0.1) is 10.9 Å². The van der Waals surface area contributed by atoms with Crippen molar-refractivity contribution >= 4 is 27.6 Å². The van der Waals surface area contributed by atoms with Gasteiger partial charge < -0.3 is 5.32 Å². The number of amides is 2. The Morgan fingerprint density at radius 1 is 1.11 bits per heavy atom. The number of hydrogen-bond acceptors (Lipinski definition) is 4. The molecule has 0 saturated carbocycles. The molecule has 2 aromatic rings. The van der Waals surface area contributed by atoms with E-state index in [1.54, 1.807) is 12.1 Å². The van der Waals surface area contributed by atoms with Gasteiger partial charge >= 0.3 is 6.03 Å². The van der Waals surface area contributed by atoms with E-state index < -0.39 is 16.1 Å². The topological polar surface area (TPSA) is 93.6 Å². The molecule has 0 bridgehead atoms. The standard InChI is InChI=1S/C19H22N4O3S/c1-22(2)27(25,26)16-10-8-15(9-11-16)21-19(24)23-17(12-13-18(23)20)14-6-4-3-5-7-14/h3-11,17,20H,12-13H2,1-2H3,(H,21,24)/t17-/m0/s1. The Bertz CT molecular complexity index is 941. The first-order chi connectivity index (χ1) is 12.8. The lowest BCUT2D eigenvalue weighted by molar-refractivity contribution is 0.225. The van der Waals surface area contributed by atoms with Crippen molar-refractivity contribution in [1.82, 2.24) is 9.21 Å². The summed E-state index contributed by atoms with van der Waals surface area (Å²) in [5.74, 6) is 0.271. The lowest BCUT2D eigenvalue weighted by Crippen LogP contribution is -2.37. The van der Waals surface area contributed by atoms with Crippen LogP contribution in [0.15, 0.2) is 59.5 Å². The Labute approximate surface area is 159 Å². The second-order valence-electron chi connectivity index (χ2n) is 6.52. The van der Waals surface area contributed by atoms with Gasteiger partial charge in [0.25, 0.3) is 0 Å². The molecule has 8 heteroatoms. The molecule has 3 rings (SSSR count). The molecule has 0 unspecified atom stereocenters. The number of nitrogens with zero attached hydrogens (tertiary/aromatic N) is 2. The first-order valence-electron chi connectivity index (χ1n) is 8.56. The van der Waals surface area contributed by atoms with Crippen molar-refractivity contribution in [2.24, 2.45) is 0 Å². The molecule has 2 aromatic carbocycles. The summed E-state index contributed by atoms with van der Waals surface area (Å²) >= 11 is 0. The van der Waals surface area contributed by atoms with Crippen LogP contribution in [-0.2, 0) is 10.0 Å². The summed E-state index contributed by atoms with van der Waals surface area (Å²) < 4.78 is 25.4. The van der Waals surface area contributed by atoms with Crippen LogP contribution in [0, 0.1) is 5.41 Å². The maximum atomic E-state index is 12.7. The summed E-state index contributed by atoms with van der Waals surface area (Å²) in [5, 5.41) is 10.9. The van der Waals surface area contributed by atoms with Crippen LogP contribution >= 0.6 is 0 Å². The highest BCUT2D eigenvalue weighted by Gasteiger charge is 2.34. The first kappa shape index (κ1) is 19.1. The average molecular weight is 386 g/mol. The van der Waals surface area contributed by atoms with E-state index in [1.807, 2.05) is 30.3 Å². The molecular formula is C19H22N4O3S. The Morgan fingerprint density at radius 3 is 2.33 bits per heavy atom. The molecule has 1 aliphatic rings. The Kier molecular flexibility index (Phi) is 5.29. The summed E-state index contributed by atoms with van der Waals surface area (Å²) in [6, 6.07) is 15.1. The molecule has 0 spiro atoms. The van der Waals surface area contributed by atoms with Crippen LogP contribution < -0.4 is 5.32 Å². The Morgan fingerprint density at radius 2 is 1.74 bits per heavy atom. The quantitative estimate of drug-likeness (QED) is 0.844. The highest BCUT2D eigenvalue weighted by molar-refractivity contribution is 7.89. The lowest BCUT2D eigenvalue weighted by atomic mass is 10.1. The molecule has 7 nitrogen and oxygen atoms in total. The minimum Gasteiger partial charge on any atom is -0.307 e. The second kappa shape index (κ2) is 7.50. The predicted molar refractivity (Wildman–Crippen MR) is 104 cm³/mol. The van der Waals surface area contributed by atoms with E-state index in [9.17, 15) is 13.2 Å². The second-order valence-corrected chi connectivity index (χ2v) is 8.68.